The Morgan fingerprint density at radius 3 is 1.61 bits per heavy atom. The van der Waals surface area contributed by atoms with Gasteiger partial charge in [0.25, 0.3) is 0 Å². The maximum absolute atomic E-state index is 14.4. The fraction of sp³-hybridized carbons (Fsp3) is 0.143. The zero-order valence-corrected chi connectivity index (χ0v) is 16.0. The highest BCUT2D eigenvalue weighted by atomic mass is 19.4. The molecule has 0 saturated heterocycles. The molecule has 0 radical (unpaired) electrons. The molecule has 0 spiro atoms. The van der Waals surface area contributed by atoms with E-state index in [4.69, 9.17) is 0 Å². The summed E-state index contributed by atoms with van der Waals surface area (Å²) in [4.78, 5) is 0. The molecule has 33 heavy (non-hydrogen) atoms. The van der Waals surface area contributed by atoms with E-state index in [0.29, 0.717) is 0 Å². The molecule has 0 bridgehead atoms. The number of halogens is 11. The van der Waals surface area contributed by atoms with Crippen LogP contribution in [-0.4, -0.2) is 0 Å². The molecule has 0 amide bonds. The minimum atomic E-state index is -5.49. The monoisotopic (exact) mass is 486 g/mol. The molecule has 0 aliphatic rings. The van der Waals surface area contributed by atoms with Crippen LogP contribution in [0.15, 0.2) is 36.4 Å². The van der Waals surface area contributed by atoms with E-state index in [1.165, 1.54) is 6.92 Å². The molecule has 3 rings (SSSR count). The Labute approximate surface area is 178 Å². The number of benzene rings is 3. The Kier molecular flexibility index (Phi) is 6.07. The van der Waals surface area contributed by atoms with Crippen molar-refractivity contribution in [3.05, 3.63) is 88.0 Å². The van der Waals surface area contributed by atoms with Crippen molar-refractivity contribution in [2.45, 2.75) is 19.2 Å². The van der Waals surface area contributed by atoms with E-state index < -0.39 is 75.2 Å². The molecule has 3 aromatic rings. The summed E-state index contributed by atoms with van der Waals surface area (Å²) in [5, 5.41) is 0. The number of ether oxygens (including phenoxy) is 1. The SMILES string of the molecule is Cc1ccc(-c2cc(F)c(C(F)(F)Oc3cc(F)c(C(F)(F)F)c(F)c3)c(F)c2)c(F)c1F. The Hall–Kier alpha value is -3.31. The van der Waals surface area contributed by atoms with Gasteiger partial charge in [-0.3, -0.25) is 0 Å². The lowest BCUT2D eigenvalue weighted by atomic mass is 10.0. The van der Waals surface area contributed by atoms with Crippen LogP contribution in [0.5, 0.6) is 5.75 Å². The van der Waals surface area contributed by atoms with Gasteiger partial charge in [-0.25, -0.2) is 26.3 Å². The molecule has 0 aromatic heterocycles. The molecule has 0 heterocycles. The molecule has 0 unspecified atom stereocenters. The van der Waals surface area contributed by atoms with Crippen molar-refractivity contribution >= 4 is 0 Å². The predicted octanol–water partition coefficient (Wildman–Crippen LogP) is 7.64. The first-order chi connectivity index (χ1) is 15.1. The van der Waals surface area contributed by atoms with Crippen molar-refractivity contribution in [1.82, 2.24) is 0 Å². The lowest BCUT2D eigenvalue weighted by Crippen LogP contribution is -2.25. The highest BCUT2D eigenvalue weighted by Gasteiger charge is 2.43. The van der Waals surface area contributed by atoms with Crippen molar-refractivity contribution in [3.8, 4) is 16.9 Å². The third kappa shape index (κ3) is 4.60. The average Bonchev–Trinajstić information content (AvgIpc) is 2.63. The molecule has 0 aliphatic carbocycles. The highest BCUT2D eigenvalue weighted by molar-refractivity contribution is 5.65. The Balaban J connectivity index is 2.02. The zero-order valence-electron chi connectivity index (χ0n) is 16.0. The second kappa shape index (κ2) is 8.23. The van der Waals surface area contributed by atoms with Crippen LogP contribution in [0.25, 0.3) is 11.1 Å². The van der Waals surface area contributed by atoms with Crippen molar-refractivity contribution in [3.63, 3.8) is 0 Å². The van der Waals surface area contributed by atoms with Crippen LogP contribution in [0.3, 0.4) is 0 Å². The van der Waals surface area contributed by atoms with E-state index in [2.05, 4.69) is 4.74 Å². The maximum Gasteiger partial charge on any atom is 0.432 e. The van der Waals surface area contributed by atoms with Gasteiger partial charge in [-0.2, -0.15) is 22.0 Å². The third-order valence-electron chi connectivity index (χ3n) is 4.46. The van der Waals surface area contributed by atoms with Gasteiger partial charge in [-0.15, -0.1) is 0 Å². The number of aryl methyl sites for hydroxylation is 1. The van der Waals surface area contributed by atoms with Gasteiger partial charge >= 0.3 is 12.3 Å². The van der Waals surface area contributed by atoms with Crippen molar-refractivity contribution in [1.29, 1.82) is 0 Å². The first-order valence-corrected chi connectivity index (χ1v) is 8.71. The molecular formula is C21H9F11O. The van der Waals surface area contributed by atoms with E-state index in [-0.39, 0.29) is 29.8 Å². The lowest BCUT2D eigenvalue weighted by molar-refractivity contribution is -0.189. The van der Waals surface area contributed by atoms with Crippen molar-refractivity contribution in [2.75, 3.05) is 0 Å². The smallest absolute Gasteiger partial charge is 0.429 e. The Morgan fingerprint density at radius 2 is 1.12 bits per heavy atom. The average molecular weight is 486 g/mol. The summed E-state index contributed by atoms with van der Waals surface area (Å²) in [6.07, 6.45) is -10.5. The zero-order chi connectivity index (χ0) is 24.9. The summed E-state index contributed by atoms with van der Waals surface area (Å²) in [5.41, 5.74) is -5.91. The molecule has 176 valence electrons. The maximum atomic E-state index is 14.4. The third-order valence-corrected chi connectivity index (χ3v) is 4.46. The van der Waals surface area contributed by atoms with Gasteiger partial charge in [0.2, 0.25) is 0 Å². The minimum Gasteiger partial charge on any atom is -0.429 e. The highest BCUT2D eigenvalue weighted by Crippen LogP contribution is 2.40. The van der Waals surface area contributed by atoms with Crippen LogP contribution < -0.4 is 4.74 Å². The van der Waals surface area contributed by atoms with Gasteiger partial charge < -0.3 is 4.74 Å². The normalized spacial score (nSPS) is 12.2. The van der Waals surface area contributed by atoms with E-state index in [9.17, 15) is 48.3 Å². The standard InChI is InChI=1S/C21H9F11O/c1-8-2-3-11(19(27)18(8)26)9-4-12(22)17(13(23)5-9)21(31,32)33-10-6-14(24)16(15(25)7-10)20(28,29)30/h2-7H,1H3. The van der Waals surface area contributed by atoms with Gasteiger partial charge in [0.15, 0.2) is 11.6 Å². The molecule has 0 saturated carbocycles. The van der Waals surface area contributed by atoms with E-state index in [0.717, 1.165) is 12.1 Å². The number of alkyl halides is 5. The van der Waals surface area contributed by atoms with Gasteiger partial charge in [0.05, 0.1) is 0 Å². The van der Waals surface area contributed by atoms with Crippen molar-refractivity contribution < 1.29 is 53.0 Å². The van der Waals surface area contributed by atoms with E-state index in [1.807, 2.05) is 0 Å². The fourth-order valence-corrected chi connectivity index (χ4v) is 2.95. The van der Waals surface area contributed by atoms with Gasteiger partial charge in [0.1, 0.15) is 40.1 Å². The van der Waals surface area contributed by atoms with E-state index >= 15 is 0 Å². The summed E-state index contributed by atoms with van der Waals surface area (Å²) in [6, 6.07) is 2.00. The summed E-state index contributed by atoms with van der Waals surface area (Å²) < 4.78 is 154. The molecule has 12 heteroatoms. The first kappa shape index (κ1) is 24.3. The molecule has 0 aliphatic heterocycles. The minimum absolute atomic E-state index is 0.134. The largest absolute Gasteiger partial charge is 0.432 e. The molecule has 1 nitrogen and oxygen atoms in total. The summed E-state index contributed by atoms with van der Waals surface area (Å²) in [7, 11) is 0. The fourth-order valence-electron chi connectivity index (χ4n) is 2.95. The second-order valence-corrected chi connectivity index (χ2v) is 6.75. The Morgan fingerprint density at radius 1 is 0.636 bits per heavy atom. The predicted molar refractivity (Wildman–Crippen MR) is 92.3 cm³/mol. The van der Waals surface area contributed by atoms with Crippen LogP contribution in [0.4, 0.5) is 48.3 Å². The summed E-state index contributed by atoms with van der Waals surface area (Å²) in [5.74, 6) is -13.0. The number of rotatable bonds is 4. The van der Waals surface area contributed by atoms with Gasteiger partial charge in [0, 0.05) is 17.7 Å². The van der Waals surface area contributed by atoms with E-state index in [1.54, 1.807) is 0 Å². The van der Waals surface area contributed by atoms with Crippen LogP contribution in [-0.2, 0) is 12.3 Å². The first-order valence-electron chi connectivity index (χ1n) is 8.71. The summed E-state index contributed by atoms with van der Waals surface area (Å²) in [6.45, 7) is 1.21. The second-order valence-electron chi connectivity index (χ2n) is 6.75. The summed E-state index contributed by atoms with van der Waals surface area (Å²) >= 11 is 0. The van der Waals surface area contributed by atoms with Gasteiger partial charge in [-0.1, -0.05) is 12.1 Å². The lowest BCUT2D eigenvalue weighted by Gasteiger charge is -2.21. The topological polar surface area (TPSA) is 9.23 Å². The number of hydrogen-bond donors (Lipinski definition) is 0. The van der Waals surface area contributed by atoms with Crippen LogP contribution in [0.1, 0.15) is 16.7 Å². The molecule has 3 aromatic carbocycles. The quantitative estimate of drug-likeness (QED) is 0.345. The molecular weight excluding hydrogens is 477 g/mol. The molecule has 0 fully saturated rings. The van der Waals surface area contributed by atoms with Crippen LogP contribution in [0, 0.1) is 41.8 Å². The van der Waals surface area contributed by atoms with Crippen LogP contribution >= 0.6 is 0 Å². The number of hydrogen-bond acceptors (Lipinski definition) is 1. The van der Waals surface area contributed by atoms with Crippen LogP contribution in [0.2, 0.25) is 0 Å². The van der Waals surface area contributed by atoms with Crippen molar-refractivity contribution in [2.24, 2.45) is 0 Å². The Bertz CT molecular complexity index is 1190. The van der Waals surface area contributed by atoms with Gasteiger partial charge in [-0.05, 0) is 30.2 Å². The molecule has 0 atom stereocenters. The molecule has 0 N–H and O–H groups in total.